The van der Waals surface area contributed by atoms with Gasteiger partial charge in [0.25, 0.3) is 5.89 Å². The lowest BCUT2D eigenvalue weighted by molar-refractivity contribution is 0.244. The van der Waals surface area contributed by atoms with Gasteiger partial charge in [-0.1, -0.05) is 53.2 Å². The van der Waals surface area contributed by atoms with Gasteiger partial charge in [0.1, 0.15) is 0 Å². The number of hydrogen-bond donors (Lipinski definition) is 1. The van der Waals surface area contributed by atoms with E-state index in [0.29, 0.717) is 28.1 Å². The van der Waals surface area contributed by atoms with Gasteiger partial charge in [0.05, 0.1) is 22.2 Å². The van der Waals surface area contributed by atoms with Crippen molar-refractivity contribution in [3.8, 4) is 10.7 Å². The van der Waals surface area contributed by atoms with Crippen LogP contribution in [0.1, 0.15) is 24.4 Å². The molecule has 5 rings (SSSR count). The predicted molar refractivity (Wildman–Crippen MR) is 122 cm³/mol. The lowest BCUT2D eigenvalue weighted by Gasteiger charge is -2.35. The highest BCUT2D eigenvalue weighted by atomic mass is 35.5. The number of halogens is 1. The highest BCUT2D eigenvalue weighted by Gasteiger charge is 2.36. The number of benzene rings is 2. The summed E-state index contributed by atoms with van der Waals surface area (Å²) < 4.78 is 5.68. The summed E-state index contributed by atoms with van der Waals surface area (Å²) in [5.74, 6) is 0.890. The lowest BCUT2D eigenvalue weighted by atomic mass is 9.94. The van der Waals surface area contributed by atoms with Crippen molar-refractivity contribution in [1.29, 1.82) is 0 Å². The Bertz CT molecular complexity index is 1250. The number of allylic oxidation sites excluding steroid dienone is 1. The average Bonchev–Trinajstić information content (AvgIpc) is 3.47. The highest BCUT2D eigenvalue weighted by Crippen LogP contribution is 2.39. The number of carbonyl (C=O) groups is 1. The van der Waals surface area contributed by atoms with E-state index in [0.717, 1.165) is 16.0 Å². The van der Waals surface area contributed by atoms with Gasteiger partial charge in [-0.15, -0.1) is 11.3 Å². The van der Waals surface area contributed by atoms with E-state index in [2.05, 4.69) is 15.5 Å². The summed E-state index contributed by atoms with van der Waals surface area (Å²) in [7, 11) is 0. The van der Waals surface area contributed by atoms with Crippen molar-refractivity contribution in [3.63, 3.8) is 0 Å². The molecule has 0 radical (unpaired) electrons. The Kier molecular flexibility index (Phi) is 5.05. The summed E-state index contributed by atoms with van der Waals surface area (Å²) in [6.45, 7) is 1.88. The van der Waals surface area contributed by atoms with Crippen molar-refractivity contribution in [3.05, 3.63) is 94.3 Å². The molecule has 2 aromatic carbocycles. The maximum atomic E-state index is 13.1. The SMILES string of the molecule is CC1=C(c2nc(-c3cccs3)no2)C(c2ccccc2)NC(=O)N1c1ccc(Cl)cc1. The largest absolute Gasteiger partial charge is 0.334 e. The van der Waals surface area contributed by atoms with Gasteiger partial charge in [-0.25, -0.2) is 4.79 Å². The molecular formula is C23H17ClN4O2S. The molecular weight excluding hydrogens is 432 g/mol. The quantitative estimate of drug-likeness (QED) is 0.406. The fourth-order valence-electron chi connectivity index (χ4n) is 3.66. The summed E-state index contributed by atoms with van der Waals surface area (Å²) in [4.78, 5) is 20.3. The number of thiophene rings is 1. The van der Waals surface area contributed by atoms with Crippen LogP contribution in [-0.2, 0) is 0 Å². The van der Waals surface area contributed by atoms with Gasteiger partial charge in [-0.2, -0.15) is 4.98 Å². The van der Waals surface area contributed by atoms with E-state index >= 15 is 0 Å². The molecule has 3 heterocycles. The van der Waals surface area contributed by atoms with Crippen LogP contribution >= 0.6 is 22.9 Å². The van der Waals surface area contributed by atoms with Crippen LogP contribution in [0.15, 0.2) is 82.3 Å². The topological polar surface area (TPSA) is 71.3 Å². The third-order valence-electron chi connectivity index (χ3n) is 5.10. The third kappa shape index (κ3) is 3.62. The minimum Gasteiger partial charge on any atom is -0.334 e. The first kappa shape index (κ1) is 19.5. The molecule has 0 aliphatic carbocycles. The molecule has 8 heteroatoms. The Morgan fingerprint density at radius 3 is 2.55 bits per heavy atom. The Morgan fingerprint density at radius 2 is 1.84 bits per heavy atom. The van der Waals surface area contributed by atoms with Crippen LogP contribution in [0.4, 0.5) is 10.5 Å². The van der Waals surface area contributed by atoms with Gasteiger partial charge < -0.3 is 9.84 Å². The van der Waals surface area contributed by atoms with Crippen molar-refractivity contribution < 1.29 is 9.32 Å². The smallest absolute Gasteiger partial charge is 0.326 e. The molecule has 4 aromatic rings. The number of carbonyl (C=O) groups excluding carboxylic acids is 1. The van der Waals surface area contributed by atoms with Crippen molar-refractivity contribution in [2.24, 2.45) is 0 Å². The molecule has 154 valence electrons. The number of urea groups is 1. The zero-order chi connectivity index (χ0) is 21.4. The molecule has 0 bridgehead atoms. The Labute approximate surface area is 187 Å². The predicted octanol–water partition coefficient (Wildman–Crippen LogP) is 6.15. The first-order chi connectivity index (χ1) is 15.1. The molecule has 1 atom stereocenters. The Balaban J connectivity index is 1.66. The van der Waals surface area contributed by atoms with Crippen molar-refractivity contribution in [1.82, 2.24) is 15.5 Å². The zero-order valence-electron chi connectivity index (χ0n) is 16.4. The molecule has 6 nitrogen and oxygen atoms in total. The van der Waals surface area contributed by atoms with E-state index < -0.39 is 6.04 Å². The number of anilines is 1. The maximum Gasteiger partial charge on any atom is 0.326 e. The van der Waals surface area contributed by atoms with Gasteiger partial charge in [-0.05, 0) is 48.2 Å². The molecule has 1 unspecified atom stereocenters. The highest BCUT2D eigenvalue weighted by molar-refractivity contribution is 7.13. The molecule has 31 heavy (non-hydrogen) atoms. The van der Waals surface area contributed by atoms with E-state index in [1.807, 2.05) is 54.8 Å². The van der Waals surface area contributed by atoms with Crippen LogP contribution in [0.5, 0.6) is 0 Å². The van der Waals surface area contributed by atoms with Crippen molar-refractivity contribution >= 4 is 40.2 Å². The number of nitrogens with zero attached hydrogens (tertiary/aromatic N) is 3. The first-order valence-electron chi connectivity index (χ1n) is 9.61. The molecule has 2 aromatic heterocycles. The van der Waals surface area contributed by atoms with Crippen molar-refractivity contribution in [2.75, 3.05) is 4.90 Å². The fraction of sp³-hybridized carbons (Fsp3) is 0.0870. The van der Waals surface area contributed by atoms with E-state index in [4.69, 9.17) is 16.1 Å². The molecule has 0 spiro atoms. The normalized spacial score (nSPS) is 16.5. The number of nitrogens with one attached hydrogen (secondary N) is 1. The second kappa shape index (κ2) is 8.02. The molecule has 0 saturated carbocycles. The molecule has 2 amide bonds. The summed E-state index contributed by atoms with van der Waals surface area (Å²) in [6, 6.07) is 20.1. The van der Waals surface area contributed by atoms with E-state index in [1.54, 1.807) is 29.2 Å². The zero-order valence-corrected chi connectivity index (χ0v) is 18.0. The second-order valence-electron chi connectivity index (χ2n) is 7.00. The molecule has 0 fully saturated rings. The molecule has 0 saturated heterocycles. The number of aromatic nitrogens is 2. The van der Waals surface area contributed by atoms with Crippen LogP contribution < -0.4 is 10.2 Å². The maximum absolute atomic E-state index is 13.1. The van der Waals surface area contributed by atoms with Crippen LogP contribution in [-0.4, -0.2) is 16.2 Å². The molecule has 1 aliphatic rings. The van der Waals surface area contributed by atoms with Gasteiger partial charge in [0.2, 0.25) is 5.82 Å². The molecule has 1 N–H and O–H groups in total. The summed E-state index contributed by atoms with van der Waals surface area (Å²) in [5.41, 5.74) is 3.08. The first-order valence-corrected chi connectivity index (χ1v) is 10.9. The third-order valence-corrected chi connectivity index (χ3v) is 6.22. The average molecular weight is 449 g/mol. The monoisotopic (exact) mass is 448 g/mol. The number of amides is 2. The summed E-state index contributed by atoms with van der Waals surface area (Å²) in [6.07, 6.45) is 0. The van der Waals surface area contributed by atoms with Crippen molar-refractivity contribution in [2.45, 2.75) is 13.0 Å². The van der Waals surface area contributed by atoms with Gasteiger partial charge in [0.15, 0.2) is 0 Å². The summed E-state index contributed by atoms with van der Waals surface area (Å²) in [5, 5.41) is 9.82. The number of hydrogen-bond acceptors (Lipinski definition) is 5. The lowest BCUT2D eigenvalue weighted by Crippen LogP contribution is -2.46. The minimum atomic E-state index is -0.422. The number of rotatable bonds is 4. The fourth-order valence-corrected chi connectivity index (χ4v) is 4.43. The Morgan fingerprint density at radius 1 is 1.06 bits per heavy atom. The van der Waals surface area contributed by atoms with Crippen LogP contribution in [0.2, 0.25) is 5.02 Å². The van der Waals surface area contributed by atoms with E-state index in [9.17, 15) is 4.79 Å². The standard InChI is InChI=1S/C23H17ClN4O2S/c1-14-19(22-26-21(27-30-22)18-8-5-13-31-18)20(15-6-3-2-4-7-15)25-23(29)28(14)17-11-9-16(24)10-12-17/h2-13,20H,1H3,(H,25,29). The van der Waals surface area contributed by atoms with E-state index in [1.165, 1.54) is 11.3 Å². The molecule has 1 aliphatic heterocycles. The van der Waals surface area contributed by atoms with Gasteiger partial charge in [-0.3, -0.25) is 4.90 Å². The van der Waals surface area contributed by atoms with E-state index in [-0.39, 0.29) is 6.03 Å². The van der Waals surface area contributed by atoms with Crippen LogP contribution in [0.3, 0.4) is 0 Å². The summed E-state index contributed by atoms with van der Waals surface area (Å²) >= 11 is 7.58. The van der Waals surface area contributed by atoms with Gasteiger partial charge in [0, 0.05) is 10.7 Å². The second-order valence-corrected chi connectivity index (χ2v) is 8.39. The van der Waals surface area contributed by atoms with Crippen LogP contribution in [0.25, 0.3) is 16.3 Å². The minimum absolute atomic E-state index is 0.240. The van der Waals surface area contributed by atoms with Crippen LogP contribution in [0, 0.1) is 0 Å². The Hall–Kier alpha value is -3.42. The van der Waals surface area contributed by atoms with Gasteiger partial charge >= 0.3 is 6.03 Å².